The standard InChI is InChI=1S/C40H42Si4/c1-41(35-23-11-5-12-24-35,36-25-13-6-14-26-36)44(4,42(2,37-27-15-7-16-28-37)38-29-17-8-18-30-38)43(3,39-31-19-9-20-32-39)40-33-21-10-22-34-40/h5-34H,1-4H3. The Labute approximate surface area is 267 Å². The normalized spacial score (nSPS) is 12.5. The zero-order chi connectivity index (χ0) is 30.7. The molecule has 0 aliphatic carbocycles. The van der Waals surface area contributed by atoms with E-state index in [1.807, 2.05) is 0 Å². The maximum Gasteiger partial charge on any atom is 0.104 e. The van der Waals surface area contributed by atoms with Gasteiger partial charge in [-0.2, -0.15) is 0 Å². The monoisotopic (exact) mass is 634 g/mol. The highest BCUT2D eigenvalue weighted by molar-refractivity contribution is 7.98. The zero-order valence-corrected chi connectivity index (χ0v) is 30.3. The highest BCUT2D eigenvalue weighted by Gasteiger charge is 2.71. The Bertz CT molecular complexity index is 1440. The van der Waals surface area contributed by atoms with Crippen LogP contribution in [0.4, 0.5) is 0 Å². The summed E-state index contributed by atoms with van der Waals surface area (Å²) in [5.74, 6) is 0. The second kappa shape index (κ2) is 12.3. The van der Waals surface area contributed by atoms with Crippen molar-refractivity contribution in [1.29, 1.82) is 0 Å². The lowest BCUT2D eigenvalue weighted by Crippen LogP contribution is -3.00. The fourth-order valence-electron chi connectivity index (χ4n) is 8.36. The van der Waals surface area contributed by atoms with E-state index in [-0.39, 0.29) is 0 Å². The molecule has 0 N–H and O–H groups in total. The Balaban J connectivity index is 1.89. The molecule has 0 atom stereocenters. The second-order valence-corrected chi connectivity index (χ2v) is 47.7. The van der Waals surface area contributed by atoms with Crippen molar-refractivity contribution in [3.63, 3.8) is 0 Å². The van der Waals surface area contributed by atoms with Crippen LogP contribution in [0.5, 0.6) is 0 Å². The van der Waals surface area contributed by atoms with E-state index in [1.165, 1.54) is 0 Å². The van der Waals surface area contributed by atoms with Crippen molar-refractivity contribution >= 4 is 60.5 Å². The molecule has 0 aromatic heterocycles. The largest absolute Gasteiger partial charge is 0.104 e. The topological polar surface area (TPSA) is 0 Å². The molecule has 0 nitrogen and oxygen atoms in total. The molecule has 0 amide bonds. The van der Waals surface area contributed by atoms with Gasteiger partial charge in [0.2, 0.25) is 0 Å². The molecule has 0 aliphatic rings. The minimum absolute atomic E-state index is 1.57. The van der Waals surface area contributed by atoms with Crippen molar-refractivity contribution in [2.24, 2.45) is 0 Å². The first-order valence-electron chi connectivity index (χ1n) is 15.7. The van der Waals surface area contributed by atoms with Crippen LogP contribution in [-0.4, -0.2) is 29.4 Å². The molecule has 0 bridgehead atoms. The van der Waals surface area contributed by atoms with Crippen molar-refractivity contribution in [2.45, 2.75) is 26.2 Å². The molecule has 0 heterocycles. The fraction of sp³-hybridized carbons (Fsp3) is 0.100. The number of hydrogen-bond acceptors (Lipinski definition) is 0. The summed E-state index contributed by atoms with van der Waals surface area (Å²) in [6, 6.07) is 70.2. The molecule has 0 saturated heterocycles. The van der Waals surface area contributed by atoms with Crippen LogP contribution >= 0.6 is 0 Å². The quantitative estimate of drug-likeness (QED) is 0.172. The van der Waals surface area contributed by atoms with Gasteiger partial charge in [-0.3, -0.25) is 0 Å². The van der Waals surface area contributed by atoms with Gasteiger partial charge in [-0.05, 0) is 0 Å². The first-order chi connectivity index (χ1) is 21.4. The van der Waals surface area contributed by atoms with E-state index in [1.54, 1.807) is 31.1 Å². The van der Waals surface area contributed by atoms with Crippen LogP contribution in [0.15, 0.2) is 182 Å². The van der Waals surface area contributed by atoms with Gasteiger partial charge in [-0.15, -0.1) is 0 Å². The first-order valence-corrected chi connectivity index (χ1v) is 28.7. The van der Waals surface area contributed by atoms with Crippen molar-refractivity contribution in [1.82, 2.24) is 0 Å². The predicted molar refractivity (Wildman–Crippen MR) is 203 cm³/mol. The molecule has 6 aromatic carbocycles. The summed E-state index contributed by atoms with van der Waals surface area (Å²) < 4.78 is 0. The molecule has 0 saturated carbocycles. The van der Waals surface area contributed by atoms with Gasteiger partial charge >= 0.3 is 0 Å². The molecule has 0 unspecified atom stereocenters. The molecule has 218 valence electrons. The van der Waals surface area contributed by atoms with Crippen LogP contribution in [-0.2, 0) is 0 Å². The van der Waals surface area contributed by atoms with Gasteiger partial charge in [0.15, 0.2) is 0 Å². The van der Waals surface area contributed by atoms with Crippen LogP contribution in [0.3, 0.4) is 0 Å². The summed E-state index contributed by atoms with van der Waals surface area (Å²) in [6.07, 6.45) is 0. The van der Waals surface area contributed by atoms with Crippen LogP contribution in [0.1, 0.15) is 0 Å². The van der Waals surface area contributed by atoms with Crippen molar-refractivity contribution < 1.29 is 0 Å². The molecule has 0 aliphatic heterocycles. The SMILES string of the molecule is C[Si](c1ccccc1)(c1ccccc1)[Si](C)([Si](C)(c1ccccc1)c1ccccc1)[Si](C)(c1ccccc1)c1ccccc1. The summed E-state index contributed by atoms with van der Waals surface area (Å²) in [6.45, 7) is 8.63. The fourth-order valence-corrected chi connectivity index (χ4v) is 86.0. The van der Waals surface area contributed by atoms with E-state index < -0.39 is 29.4 Å². The third-order valence-corrected chi connectivity index (χ3v) is 76.2. The van der Waals surface area contributed by atoms with Crippen molar-refractivity contribution in [2.75, 3.05) is 0 Å². The van der Waals surface area contributed by atoms with Gasteiger partial charge in [-0.1, -0.05) is 239 Å². The van der Waals surface area contributed by atoms with Crippen LogP contribution in [0.2, 0.25) is 26.2 Å². The van der Waals surface area contributed by atoms with E-state index in [2.05, 4.69) is 208 Å². The summed E-state index contributed by atoms with van der Waals surface area (Å²) in [4.78, 5) is 0. The molecule has 6 rings (SSSR count). The van der Waals surface area contributed by atoms with E-state index >= 15 is 0 Å². The minimum atomic E-state index is -2.54. The number of rotatable bonds is 9. The first kappa shape index (κ1) is 30.2. The van der Waals surface area contributed by atoms with Crippen LogP contribution in [0.25, 0.3) is 0 Å². The predicted octanol–water partition coefficient (Wildman–Crippen LogP) is 5.98. The second-order valence-electron chi connectivity index (χ2n) is 12.7. The average molecular weight is 635 g/mol. The van der Waals surface area contributed by atoms with Gasteiger partial charge in [0.25, 0.3) is 0 Å². The van der Waals surface area contributed by atoms with E-state index in [0.29, 0.717) is 0 Å². The van der Waals surface area contributed by atoms with Crippen LogP contribution in [0, 0.1) is 0 Å². The van der Waals surface area contributed by atoms with Gasteiger partial charge < -0.3 is 0 Å². The molecular weight excluding hydrogens is 593 g/mol. The smallest absolute Gasteiger partial charge is 0.0728 e. The highest BCUT2D eigenvalue weighted by atomic mass is 29.9. The molecule has 44 heavy (non-hydrogen) atoms. The van der Waals surface area contributed by atoms with E-state index in [9.17, 15) is 0 Å². The summed E-state index contributed by atoms with van der Waals surface area (Å²) in [5, 5.41) is 9.40. The van der Waals surface area contributed by atoms with Crippen molar-refractivity contribution in [3.05, 3.63) is 182 Å². The summed E-state index contributed by atoms with van der Waals surface area (Å²) >= 11 is 0. The summed E-state index contributed by atoms with van der Waals surface area (Å²) in [7, 11) is -7.48. The van der Waals surface area contributed by atoms with Crippen LogP contribution < -0.4 is 31.1 Å². The third-order valence-electron chi connectivity index (χ3n) is 11.1. The zero-order valence-electron chi connectivity index (χ0n) is 26.3. The number of hydrogen-bond donors (Lipinski definition) is 0. The third kappa shape index (κ3) is 4.60. The molecule has 0 fully saturated rings. The van der Waals surface area contributed by atoms with Gasteiger partial charge in [-0.25, -0.2) is 0 Å². The van der Waals surface area contributed by atoms with Gasteiger partial charge in [0.05, 0.1) is 6.63 Å². The maximum absolute atomic E-state index is 2.89. The highest BCUT2D eigenvalue weighted by Crippen LogP contribution is 2.37. The maximum atomic E-state index is 2.89. The Hall–Kier alpha value is -3.81. The Morgan fingerprint density at radius 2 is 0.364 bits per heavy atom. The van der Waals surface area contributed by atoms with Gasteiger partial charge in [0, 0.05) is 0 Å². The lowest BCUT2D eigenvalue weighted by molar-refractivity contribution is 1.67. The van der Waals surface area contributed by atoms with E-state index in [0.717, 1.165) is 0 Å². The Morgan fingerprint density at radius 3 is 0.500 bits per heavy atom. The Kier molecular flexibility index (Phi) is 8.44. The van der Waals surface area contributed by atoms with Gasteiger partial charge in [0.1, 0.15) is 22.8 Å². The Morgan fingerprint density at radius 1 is 0.227 bits per heavy atom. The lowest BCUT2D eigenvalue weighted by atomic mass is 10.4. The number of benzene rings is 6. The lowest BCUT2D eigenvalue weighted by Gasteiger charge is -2.62. The summed E-state index contributed by atoms with van der Waals surface area (Å²) in [5.41, 5.74) is 0. The molecule has 0 radical (unpaired) electrons. The average Bonchev–Trinajstić information content (AvgIpc) is 3.12. The molecule has 6 aromatic rings. The molecular formula is C40H42Si4. The van der Waals surface area contributed by atoms with E-state index in [4.69, 9.17) is 0 Å². The molecule has 0 spiro atoms. The minimum Gasteiger partial charge on any atom is -0.0728 e. The molecule has 4 heteroatoms. The van der Waals surface area contributed by atoms with Crippen molar-refractivity contribution in [3.8, 4) is 0 Å².